The van der Waals surface area contributed by atoms with Gasteiger partial charge < -0.3 is 20.5 Å². The highest BCUT2D eigenvalue weighted by Crippen LogP contribution is 2.25. The molecular weight excluding hydrogens is 311 g/mol. The third kappa shape index (κ3) is 4.73. The Hall–Kier alpha value is -3.04. The molecule has 0 fully saturated rings. The van der Waals surface area contributed by atoms with Crippen LogP contribution in [0.25, 0.3) is 0 Å². The van der Waals surface area contributed by atoms with Crippen LogP contribution < -0.4 is 15.4 Å². The number of hydrogen-bond acceptors (Lipinski definition) is 3. The first-order valence-corrected chi connectivity index (χ1v) is 7.22. The summed E-state index contributed by atoms with van der Waals surface area (Å²) in [6, 6.07) is 10.4. The third-order valence-electron chi connectivity index (χ3n) is 3.23. The van der Waals surface area contributed by atoms with Gasteiger partial charge in [0.1, 0.15) is 18.2 Å². The summed E-state index contributed by atoms with van der Waals surface area (Å²) in [7, 11) is 0. The Morgan fingerprint density at radius 2 is 2.00 bits per heavy atom. The molecule has 0 aliphatic carbocycles. The molecule has 5 nitrogen and oxygen atoms in total. The van der Waals surface area contributed by atoms with Crippen LogP contribution in [0.2, 0.25) is 0 Å². The predicted molar refractivity (Wildman–Crippen MR) is 89.0 cm³/mol. The highest BCUT2D eigenvalue weighted by atomic mass is 19.1. The number of amides is 2. The topological polar surface area (TPSA) is 70.6 Å². The fourth-order valence-electron chi connectivity index (χ4n) is 2.07. The quantitative estimate of drug-likeness (QED) is 0.714. The van der Waals surface area contributed by atoms with Crippen LogP contribution in [0.5, 0.6) is 5.75 Å². The van der Waals surface area contributed by atoms with Crippen LogP contribution in [0.15, 0.2) is 42.5 Å². The van der Waals surface area contributed by atoms with Gasteiger partial charge in [0.15, 0.2) is 0 Å². The number of ether oxygens (including phenoxy) is 1. The van der Waals surface area contributed by atoms with Crippen LogP contribution in [-0.4, -0.2) is 17.7 Å². The molecule has 24 heavy (non-hydrogen) atoms. The number of aliphatic hydroxyl groups is 1. The van der Waals surface area contributed by atoms with Gasteiger partial charge >= 0.3 is 6.03 Å². The Bertz CT molecular complexity index is 756. The van der Waals surface area contributed by atoms with Crippen LogP contribution in [0.3, 0.4) is 0 Å². The summed E-state index contributed by atoms with van der Waals surface area (Å²) in [4.78, 5) is 12.0. The van der Waals surface area contributed by atoms with Crippen LogP contribution in [0, 0.1) is 18.2 Å². The van der Waals surface area contributed by atoms with Crippen molar-refractivity contribution in [1.82, 2.24) is 5.32 Å². The van der Waals surface area contributed by atoms with Gasteiger partial charge in [-0.15, -0.1) is 6.42 Å². The molecule has 0 unspecified atom stereocenters. The van der Waals surface area contributed by atoms with Crippen molar-refractivity contribution in [2.75, 3.05) is 11.9 Å². The first-order valence-electron chi connectivity index (χ1n) is 7.22. The molecule has 0 aliphatic heterocycles. The number of benzene rings is 2. The van der Waals surface area contributed by atoms with Crippen LogP contribution in [0.1, 0.15) is 11.1 Å². The molecule has 0 radical (unpaired) electrons. The Labute approximate surface area is 139 Å². The molecule has 0 saturated carbocycles. The van der Waals surface area contributed by atoms with E-state index in [0.29, 0.717) is 0 Å². The molecule has 0 aromatic heterocycles. The van der Waals surface area contributed by atoms with Crippen LogP contribution in [0.4, 0.5) is 14.9 Å². The fraction of sp³-hybridized carbons (Fsp3) is 0.167. The average molecular weight is 328 g/mol. The molecule has 0 saturated heterocycles. The van der Waals surface area contributed by atoms with Gasteiger partial charge in [0.25, 0.3) is 0 Å². The van der Waals surface area contributed by atoms with E-state index >= 15 is 0 Å². The van der Waals surface area contributed by atoms with E-state index in [2.05, 4.69) is 16.6 Å². The SMILES string of the molecule is C#CCOc1ccc(F)cc1NC(=O)NCc1ccccc1CO. The lowest BCUT2D eigenvalue weighted by molar-refractivity contribution is 0.251. The van der Waals surface area contributed by atoms with Crippen molar-refractivity contribution in [3.63, 3.8) is 0 Å². The molecule has 0 heterocycles. The van der Waals surface area contributed by atoms with Gasteiger partial charge in [0.2, 0.25) is 0 Å². The maximum atomic E-state index is 13.4. The maximum Gasteiger partial charge on any atom is 0.319 e. The van der Waals surface area contributed by atoms with Gasteiger partial charge in [-0.3, -0.25) is 0 Å². The second-order valence-corrected chi connectivity index (χ2v) is 4.87. The second-order valence-electron chi connectivity index (χ2n) is 4.87. The van der Waals surface area contributed by atoms with Crippen molar-refractivity contribution in [1.29, 1.82) is 0 Å². The van der Waals surface area contributed by atoms with Crippen molar-refractivity contribution in [3.05, 3.63) is 59.4 Å². The number of anilines is 1. The fourth-order valence-corrected chi connectivity index (χ4v) is 2.07. The lowest BCUT2D eigenvalue weighted by atomic mass is 10.1. The largest absolute Gasteiger partial charge is 0.479 e. The zero-order valence-electron chi connectivity index (χ0n) is 12.9. The third-order valence-corrected chi connectivity index (χ3v) is 3.23. The zero-order chi connectivity index (χ0) is 17.4. The molecule has 6 heteroatoms. The summed E-state index contributed by atoms with van der Waals surface area (Å²) in [6.45, 7) is 0.109. The van der Waals surface area contributed by atoms with Crippen molar-refractivity contribution in [2.45, 2.75) is 13.2 Å². The van der Waals surface area contributed by atoms with E-state index in [4.69, 9.17) is 11.2 Å². The van der Waals surface area contributed by atoms with E-state index in [9.17, 15) is 14.3 Å². The van der Waals surface area contributed by atoms with Gasteiger partial charge in [-0.25, -0.2) is 9.18 Å². The van der Waals surface area contributed by atoms with Crippen molar-refractivity contribution in [3.8, 4) is 18.1 Å². The Morgan fingerprint density at radius 1 is 1.25 bits per heavy atom. The Morgan fingerprint density at radius 3 is 2.71 bits per heavy atom. The number of halogens is 1. The number of aliphatic hydroxyl groups excluding tert-OH is 1. The minimum atomic E-state index is -0.529. The molecule has 2 amide bonds. The van der Waals surface area contributed by atoms with E-state index in [-0.39, 0.29) is 31.2 Å². The zero-order valence-corrected chi connectivity index (χ0v) is 12.9. The minimum absolute atomic E-state index is 0.00576. The maximum absolute atomic E-state index is 13.4. The molecule has 3 N–H and O–H groups in total. The molecule has 0 aliphatic rings. The van der Waals surface area contributed by atoms with Gasteiger partial charge in [-0.05, 0) is 23.3 Å². The first-order chi connectivity index (χ1) is 11.6. The molecule has 0 bridgehead atoms. The molecule has 2 aromatic rings. The smallest absolute Gasteiger partial charge is 0.319 e. The number of carbonyl (C=O) groups excluding carboxylic acids is 1. The number of nitrogens with one attached hydrogen (secondary N) is 2. The normalized spacial score (nSPS) is 9.88. The summed E-state index contributed by atoms with van der Waals surface area (Å²) in [5.74, 6) is 2.07. The van der Waals surface area contributed by atoms with E-state index in [1.54, 1.807) is 18.2 Å². The molecule has 124 valence electrons. The van der Waals surface area contributed by atoms with Crippen molar-refractivity contribution >= 4 is 11.7 Å². The monoisotopic (exact) mass is 328 g/mol. The van der Waals surface area contributed by atoms with E-state index < -0.39 is 11.8 Å². The predicted octanol–water partition coefficient (Wildman–Crippen LogP) is 2.65. The summed E-state index contributed by atoms with van der Waals surface area (Å²) in [5.41, 5.74) is 1.69. The lowest BCUT2D eigenvalue weighted by Crippen LogP contribution is -2.28. The van der Waals surface area contributed by atoms with E-state index in [0.717, 1.165) is 17.2 Å². The number of rotatable bonds is 6. The van der Waals surface area contributed by atoms with Gasteiger partial charge in [-0.1, -0.05) is 30.2 Å². The highest BCUT2D eigenvalue weighted by Gasteiger charge is 2.10. The average Bonchev–Trinajstić information content (AvgIpc) is 2.59. The van der Waals surface area contributed by atoms with Gasteiger partial charge in [0, 0.05) is 12.6 Å². The standard InChI is InChI=1S/C18H17FN2O3/c1-2-9-24-17-8-7-15(19)10-16(17)21-18(23)20-11-13-5-3-4-6-14(13)12-22/h1,3-8,10,22H,9,11-12H2,(H2,20,21,23). The van der Waals surface area contributed by atoms with Crippen LogP contribution in [-0.2, 0) is 13.2 Å². The first kappa shape index (κ1) is 17.3. The van der Waals surface area contributed by atoms with Crippen molar-refractivity contribution < 1.29 is 19.0 Å². The van der Waals surface area contributed by atoms with E-state index in [1.165, 1.54) is 12.1 Å². The second kappa shape index (κ2) is 8.56. The number of carbonyl (C=O) groups is 1. The molecule has 2 rings (SSSR count). The van der Waals surface area contributed by atoms with Gasteiger partial charge in [-0.2, -0.15) is 0 Å². The lowest BCUT2D eigenvalue weighted by Gasteiger charge is -2.13. The summed E-state index contributed by atoms with van der Waals surface area (Å²) in [6.07, 6.45) is 5.13. The highest BCUT2D eigenvalue weighted by molar-refractivity contribution is 5.90. The molecular formula is C18H17FN2O3. The summed E-state index contributed by atoms with van der Waals surface area (Å²) < 4.78 is 18.6. The molecule has 0 spiro atoms. The number of urea groups is 1. The van der Waals surface area contributed by atoms with Crippen LogP contribution >= 0.6 is 0 Å². The van der Waals surface area contributed by atoms with E-state index in [1.807, 2.05) is 6.07 Å². The summed E-state index contributed by atoms with van der Waals surface area (Å²) >= 11 is 0. The van der Waals surface area contributed by atoms with Gasteiger partial charge in [0.05, 0.1) is 12.3 Å². The minimum Gasteiger partial charge on any atom is -0.479 e. The Kier molecular flexibility index (Phi) is 6.17. The number of terminal acetylenes is 1. The number of hydrogen-bond donors (Lipinski definition) is 3. The molecule has 0 atom stereocenters. The summed E-state index contributed by atoms with van der Waals surface area (Å²) in [5, 5.41) is 14.4. The van der Waals surface area contributed by atoms with Crippen molar-refractivity contribution in [2.24, 2.45) is 0 Å². The molecule has 2 aromatic carbocycles. The Balaban J connectivity index is 2.02.